The summed E-state index contributed by atoms with van der Waals surface area (Å²) in [6, 6.07) is 5.11. The summed E-state index contributed by atoms with van der Waals surface area (Å²) in [5.74, 6) is -0.959. The molecule has 3 N–H and O–H groups in total. The molecule has 0 bridgehead atoms. The van der Waals surface area contributed by atoms with Gasteiger partial charge in [0.25, 0.3) is 0 Å². The lowest BCUT2D eigenvalue weighted by molar-refractivity contribution is -0.138. The van der Waals surface area contributed by atoms with Crippen LogP contribution in [0.4, 0.5) is 0 Å². The van der Waals surface area contributed by atoms with Crippen molar-refractivity contribution in [2.75, 3.05) is 0 Å². The average Bonchev–Trinajstić information content (AvgIpc) is 2.01. The monoisotopic (exact) mass is 417 g/mol. The van der Waals surface area contributed by atoms with E-state index in [1.54, 1.807) is 0 Å². The number of carboxylic acids is 1. The van der Waals surface area contributed by atoms with Crippen LogP contribution in [0.25, 0.3) is 0 Å². The Morgan fingerprint density at radius 1 is 1.36 bits per heavy atom. The third-order valence-corrected chi connectivity index (χ3v) is 2.94. The van der Waals surface area contributed by atoms with E-state index in [-0.39, 0.29) is 0 Å². The minimum absolute atomic E-state index is 0.377. The van der Waals surface area contributed by atoms with Crippen molar-refractivity contribution in [3.63, 3.8) is 0 Å². The third kappa shape index (κ3) is 3.70. The van der Waals surface area contributed by atoms with Crippen LogP contribution in [-0.4, -0.2) is 17.1 Å². The van der Waals surface area contributed by atoms with Crippen LogP contribution < -0.4 is 5.73 Å². The highest BCUT2D eigenvalue weighted by Crippen LogP contribution is 2.15. The first-order valence-electron chi connectivity index (χ1n) is 3.92. The second-order valence-corrected chi connectivity index (χ2v) is 5.42. The molecule has 0 amide bonds. The van der Waals surface area contributed by atoms with Crippen molar-refractivity contribution < 1.29 is 9.90 Å². The predicted molar refractivity (Wildman–Crippen MR) is 71.2 cm³/mol. The van der Waals surface area contributed by atoms with Crippen molar-refractivity contribution in [3.8, 4) is 0 Å². The fourth-order valence-electron chi connectivity index (χ4n) is 1.07. The molecule has 1 atom stereocenters. The first-order valence-corrected chi connectivity index (χ1v) is 6.08. The van der Waals surface area contributed by atoms with Crippen LogP contribution in [0.15, 0.2) is 18.2 Å². The fraction of sp³-hybridized carbons (Fsp3) is 0.222. The Hall–Kier alpha value is 0.110. The van der Waals surface area contributed by atoms with Gasteiger partial charge in [0.2, 0.25) is 0 Å². The van der Waals surface area contributed by atoms with E-state index < -0.39 is 12.0 Å². The van der Waals surface area contributed by atoms with Gasteiger partial charge in [-0.25, -0.2) is 0 Å². The molecule has 0 spiro atoms. The Morgan fingerprint density at radius 3 is 2.29 bits per heavy atom. The molecule has 0 unspecified atom stereocenters. The van der Waals surface area contributed by atoms with Gasteiger partial charge >= 0.3 is 5.97 Å². The van der Waals surface area contributed by atoms with Crippen LogP contribution in [0, 0.1) is 7.14 Å². The summed E-state index contributed by atoms with van der Waals surface area (Å²) in [6.45, 7) is 0. The van der Waals surface area contributed by atoms with E-state index in [4.69, 9.17) is 10.8 Å². The zero-order valence-electron chi connectivity index (χ0n) is 7.21. The van der Waals surface area contributed by atoms with Crippen molar-refractivity contribution in [1.82, 2.24) is 0 Å². The smallest absolute Gasteiger partial charge is 0.320 e. The van der Waals surface area contributed by atoms with Gasteiger partial charge in [0.15, 0.2) is 0 Å². The lowest BCUT2D eigenvalue weighted by atomic mass is 10.1. The fourth-order valence-corrected chi connectivity index (χ4v) is 3.14. The number of benzene rings is 1. The number of carbonyl (C=O) groups is 1. The highest BCUT2D eigenvalue weighted by Gasteiger charge is 2.12. The van der Waals surface area contributed by atoms with Crippen molar-refractivity contribution in [1.29, 1.82) is 0 Å². The quantitative estimate of drug-likeness (QED) is 0.739. The van der Waals surface area contributed by atoms with E-state index in [0.717, 1.165) is 12.7 Å². The molecule has 14 heavy (non-hydrogen) atoms. The number of rotatable bonds is 3. The number of hydrogen-bond acceptors (Lipinski definition) is 2. The van der Waals surface area contributed by atoms with Crippen LogP contribution in [0.1, 0.15) is 5.56 Å². The SMILES string of the molecule is N[C@H](Cc1cc(I)cc(I)c1)C(=O)O. The second-order valence-electron chi connectivity index (χ2n) is 2.93. The maximum absolute atomic E-state index is 10.5. The van der Waals surface area contributed by atoms with Gasteiger partial charge in [0, 0.05) is 7.14 Å². The Kier molecular flexibility index (Phi) is 4.58. The lowest BCUT2D eigenvalue weighted by Gasteiger charge is -2.07. The van der Waals surface area contributed by atoms with E-state index in [0.29, 0.717) is 6.42 Å². The Labute approximate surface area is 109 Å². The normalized spacial score (nSPS) is 12.5. The molecule has 0 saturated heterocycles. The standard InChI is InChI=1S/C9H9I2NO2/c10-6-1-5(2-7(11)4-6)3-8(12)9(13)14/h1-2,4,8H,3,12H2,(H,13,14)/t8-/m1/s1. The van der Waals surface area contributed by atoms with E-state index >= 15 is 0 Å². The molecule has 0 aliphatic heterocycles. The third-order valence-electron chi connectivity index (χ3n) is 1.70. The van der Waals surface area contributed by atoms with Crippen molar-refractivity contribution in [2.45, 2.75) is 12.5 Å². The molecule has 1 rings (SSSR count). The van der Waals surface area contributed by atoms with Gasteiger partial charge in [-0.2, -0.15) is 0 Å². The van der Waals surface area contributed by atoms with Crippen LogP contribution >= 0.6 is 45.2 Å². The molecule has 5 heteroatoms. The van der Waals surface area contributed by atoms with E-state index in [1.807, 2.05) is 18.2 Å². The molecular formula is C9H9I2NO2. The molecule has 76 valence electrons. The summed E-state index contributed by atoms with van der Waals surface area (Å²) < 4.78 is 2.20. The first-order chi connectivity index (χ1) is 6.49. The molecule has 1 aromatic carbocycles. The Morgan fingerprint density at radius 2 is 1.86 bits per heavy atom. The number of aliphatic carboxylic acids is 1. The largest absolute Gasteiger partial charge is 0.480 e. The van der Waals surface area contributed by atoms with E-state index in [1.165, 1.54) is 0 Å². The lowest BCUT2D eigenvalue weighted by Crippen LogP contribution is -2.32. The second kappa shape index (κ2) is 5.26. The van der Waals surface area contributed by atoms with Crippen LogP contribution in [0.2, 0.25) is 0 Å². The van der Waals surface area contributed by atoms with Crippen LogP contribution in [0.3, 0.4) is 0 Å². The predicted octanol–water partition coefficient (Wildman–Crippen LogP) is 1.85. The van der Waals surface area contributed by atoms with Crippen LogP contribution in [-0.2, 0) is 11.2 Å². The van der Waals surface area contributed by atoms with Crippen molar-refractivity contribution >= 4 is 51.2 Å². The minimum atomic E-state index is -0.959. The van der Waals surface area contributed by atoms with E-state index in [9.17, 15) is 4.79 Å². The summed E-state index contributed by atoms with van der Waals surface area (Å²) in [6.07, 6.45) is 0.377. The van der Waals surface area contributed by atoms with Gasteiger partial charge in [0.05, 0.1) is 0 Å². The van der Waals surface area contributed by atoms with Gasteiger partial charge in [-0.3, -0.25) is 4.79 Å². The highest BCUT2D eigenvalue weighted by atomic mass is 127. The molecule has 0 saturated carbocycles. The molecule has 3 nitrogen and oxygen atoms in total. The highest BCUT2D eigenvalue weighted by molar-refractivity contribution is 14.1. The summed E-state index contributed by atoms with van der Waals surface area (Å²) in [7, 11) is 0. The Bertz CT molecular complexity index is 334. The number of halogens is 2. The van der Waals surface area contributed by atoms with Gasteiger partial charge in [-0.1, -0.05) is 0 Å². The average molecular weight is 417 g/mol. The molecular weight excluding hydrogens is 408 g/mol. The molecule has 0 aliphatic rings. The number of hydrogen-bond donors (Lipinski definition) is 2. The van der Waals surface area contributed by atoms with Crippen molar-refractivity contribution in [2.24, 2.45) is 5.73 Å². The summed E-state index contributed by atoms with van der Waals surface area (Å²) in [5.41, 5.74) is 6.41. The minimum Gasteiger partial charge on any atom is -0.480 e. The molecule has 0 radical (unpaired) electrons. The zero-order valence-corrected chi connectivity index (χ0v) is 11.5. The first kappa shape index (κ1) is 12.2. The summed E-state index contributed by atoms with van der Waals surface area (Å²) in [4.78, 5) is 10.5. The summed E-state index contributed by atoms with van der Waals surface area (Å²) in [5, 5.41) is 8.65. The number of carboxylic acid groups (broad SMARTS) is 1. The molecule has 1 aromatic rings. The molecule has 0 fully saturated rings. The van der Waals surface area contributed by atoms with Gasteiger partial charge in [0.1, 0.15) is 6.04 Å². The maximum Gasteiger partial charge on any atom is 0.320 e. The Balaban J connectivity index is 2.81. The van der Waals surface area contributed by atoms with Gasteiger partial charge < -0.3 is 10.8 Å². The summed E-state index contributed by atoms with van der Waals surface area (Å²) >= 11 is 4.40. The van der Waals surface area contributed by atoms with E-state index in [2.05, 4.69) is 45.2 Å². The molecule has 0 aliphatic carbocycles. The number of nitrogens with two attached hydrogens (primary N) is 1. The maximum atomic E-state index is 10.5. The molecule has 0 aromatic heterocycles. The topological polar surface area (TPSA) is 63.3 Å². The van der Waals surface area contributed by atoms with Crippen LogP contribution in [0.5, 0.6) is 0 Å². The zero-order chi connectivity index (χ0) is 10.7. The van der Waals surface area contributed by atoms with Gasteiger partial charge in [-0.05, 0) is 75.4 Å². The van der Waals surface area contributed by atoms with Crippen molar-refractivity contribution in [3.05, 3.63) is 30.9 Å². The van der Waals surface area contributed by atoms with Gasteiger partial charge in [-0.15, -0.1) is 0 Å². The molecule has 0 heterocycles.